The molecule has 2 rings (SSSR count). The molecular weight excluding hydrogens is 324 g/mol. The van der Waals surface area contributed by atoms with Gasteiger partial charge in [0.1, 0.15) is 11.3 Å². The second-order valence-electron chi connectivity index (χ2n) is 5.96. The van der Waals surface area contributed by atoms with Crippen LogP contribution in [0.3, 0.4) is 0 Å². The van der Waals surface area contributed by atoms with Gasteiger partial charge in [-0.1, -0.05) is 25.6 Å². The van der Waals surface area contributed by atoms with Crippen LogP contribution in [0, 0.1) is 17.2 Å². The number of aromatic nitrogens is 2. The number of benzene rings is 1. The van der Waals surface area contributed by atoms with Gasteiger partial charge in [-0.15, -0.1) is 0 Å². The van der Waals surface area contributed by atoms with E-state index in [9.17, 15) is 10.1 Å². The van der Waals surface area contributed by atoms with E-state index in [4.69, 9.17) is 4.74 Å². The molecule has 128 valence electrons. The van der Waals surface area contributed by atoms with E-state index in [-0.39, 0.29) is 17.6 Å². The SMILES string of the molecule is CCOc1ccc2nc(SCC(=O)NC(C)(C#N)C(C)C)[nH]c2c1. The number of fused-ring (bicyclic) bond motifs is 1. The summed E-state index contributed by atoms with van der Waals surface area (Å²) in [5.74, 6) is 0.819. The number of hydrogen-bond donors (Lipinski definition) is 2. The zero-order valence-electron chi connectivity index (χ0n) is 14.3. The van der Waals surface area contributed by atoms with Gasteiger partial charge in [-0.25, -0.2) is 4.98 Å². The average Bonchev–Trinajstić information content (AvgIpc) is 2.95. The third kappa shape index (κ3) is 4.20. The molecule has 1 amide bonds. The van der Waals surface area contributed by atoms with Crippen LogP contribution in [0.5, 0.6) is 5.75 Å². The smallest absolute Gasteiger partial charge is 0.231 e. The fourth-order valence-electron chi connectivity index (χ4n) is 2.05. The predicted molar refractivity (Wildman–Crippen MR) is 95.0 cm³/mol. The fourth-order valence-corrected chi connectivity index (χ4v) is 2.74. The average molecular weight is 346 g/mol. The maximum Gasteiger partial charge on any atom is 0.231 e. The largest absolute Gasteiger partial charge is 0.494 e. The molecule has 1 atom stereocenters. The first kappa shape index (κ1) is 18.1. The molecule has 1 aromatic carbocycles. The highest BCUT2D eigenvalue weighted by Crippen LogP contribution is 2.23. The summed E-state index contributed by atoms with van der Waals surface area (Å²) in [6.07, 6.45) is 0. The van der Waals surface area contributed by atoms with Crippen LogP contribution < -0.4 is 10.1 Å². The van der Waals surface area contributed by atoms with Crippen molar-refractivity contribution in [3.8, 4) is 11.8 Å². The maximum atomic E-state index is 12.1. The minimum absolute atomic E-state index is 0.0274. The van der Waals surface area contributed by atoms with Gasteiger partial charge in [-0.2, -0.15) is 5.26 Å². The van der Waals surface area contributed by atoms with E-state index in [2.05, 4.69) is 21.4 Å². The van der Waals surface area contributed by atoms with E-state index in [0.29, 0.717) is 11.8 Å². The highest BCUT2D eigenvalue weighted by atomic mass is 32.2. The Kier molecular flexibility index (Phi) is 5.73. The Bertz CT molecular complexity index is 766. The molecular formula is C17H22N4O2S. The van der Waals surface area contributed by atoms with E-state index < -0.39 is 5.54 Å². The second kappa shape index (κ2) is 7.58. The van der Waals surface area contributed by atoms with Crippen molar-refractivity contribution < 1.29 is 9.53 Å². The summed E-state index contributed by atoms with van der Waals surface area (Å²) >= 11 is 1.31. The minimum atomic E-state index is -0.863. The van der Waals surface area contributed by atoms with Gasteiger partial charge >= 0.3 is 0 Å². The number of H-pyrrole nitrogens is 1. The van der Waals surface area contributed by atoms with Crippen molar-refractivity contribution in [1.82, 2.24) is 15.3 Å². The van der Waals surface area contributed by atoms with Crippen molar-refractivity contribution in [2.75, 3.05) is 12.4 Å². The molecule has 0 spiro atoms. The molecule has 0 aliphatic heterocycles. The van der Waals surface area contributed by atoms with E-state index in [1.54, 1.807) is 6.92 Å². The molecule has 0 aliphatic rings. The van der Waals surface area contributed by atoms with Crippen LogP contribution in [0.15, 0.2) is 23.4 Å². The van der Waals surface area contributed by atoms with Gasteiger partial charge in [-0.05, 0) is 31.9 Å². The molecule has 0 bridgehead atoms. The number of nitrogens with zero attached hydrogens (tertiary/aromatic N) is 2. The van der Waals surface area contributed by atoms with Gasteiger partial charge in [0.15, 0.2) is 5.16 Å². The summed E-state index contributed by atoms with van der Waals surface area (Å²) in [5, 5.41) is 12.7. The zero-order valence-corrected chi connectivity index (χ0v) is 15.2. The van der Waals surface area contributed by atoms with Crippen molar-refractivity contribution in [1.29, 1.82) is 5.26 Å². The number of rotatable bonds is 7. The lowest BCUT2D eigenvalue weighted by atomic mass is 9.90. The third-order valence-electron chi connectivity index (χ3n) is 3.87. The van der Waals surface area contributed by atoms with Crippen LogP contribution in [0.1, 0.15) is 27.7 Å². The number of imidazole rings is 1. The molecule has 0 radical (unpaired) electrons. The van der Waals surface area contributed by atoms with Crippen molar-refractivity contribution in [3.05, 3.63) is 18.2 Å². The van der Waals surface area contributed by atoms with Crippen molar-refractivity contribution >= 4 is 28.7 Å². The Hall–Kier alpha value is -2.20. The lowest BCUT2D eigenvalue weighted by molar-refractivity contribution is -0.120. The fraction of sp³-hybridized carbons (Fsp3) is 0.471. The predicted octanol–water partition coefficient (Wildman–Crippen LogP) is 3.11. The first-order chi connectivity index (χ1) is 11.4. The van der Waals surface area contributed by atoms with Crippen molar-refractivity contribution in [3.63, 3.8) is 0 Å². The summed E-state index contributed by atoms with van der Waals surface area (Å²) in [6.45, 7) is 8.09. The molecule has 2 aromatic rings. The second-order valence-corrected chi connectivity index (χ2v) is 6.92. The highest BCUT2D eigenvalue weighted by Gasteiger charge is 2.29. The molecule has 1 aromatic heterocycles. The number of carbonyl (C=O) groups excluding carboxylic acids is 1. The monoisotopic (exact) mass is 346 g/mol. The number of nitrogens with one attached hydrogen (secondary N) is 2. The molecule has 1 unspecified atom stereocenters. The molecule has 6 nitrogen and oxygen atoms in total. The first-order valence-electron chi connectivity index (χ1n) is 7.85. The van der Waals surface area contributed by atoms with Crippen LogP contribution in [-0.2, 0) is 4.79 Å². The van der Waals surface area contributed by atoms with Gasteiger partial charge in [-0.3, -0.25) is 4.79 Å². The van der Waals surface area contributed by atoms with Crippen molar-refractivity contribution in [2.24, 2.45) is 5.92 Å². The van der Waals surface area contributed by atoms with E-state index in [1.165, 1.54) is 11.8 Å². The third-order valence-corrected chi connectivity index (χ3v) is 4.74. The number of hydrogen-bond acceptors (Lipinski definition) is 5. The lowest BCUT2D eigenvalue weighted by Crippen LogP contribution is -2.49. The Balaban J connectivity index is 2.00. The Labute approximate surface area is 146 Å². The van der Waals surface area contributed by atoms with Crippen LogP contribution in [0.2, 0.25) is 0 Å². The summed E-state index contributed by atoms with van der Waals surface area (Å²) in [4.78, 5) is 19.7. The molecule has 0 saturated heterocycles. The highest BCUT2D eigenvalue weighted by molar-refractivity contribution is 7.99. The summed E-state index contributed by atoms with van der Waals surface area (Å²) in [5.41, 5.74) is 0.830. The number of nitriles is 1. The van der Waals surface area contributed by atoms with E-state index in [1.807, 2.05) is 39.0 Å². The first-order valence-corrected chi connectivity index (χ1v) is 8.84. The van der Waals surface area contributed by atoms with Crippen LogP contribution in [0.4, 0.5) is 0 Å². The number of ether oxygens (including phenoxy) is 1. The van der Waals surface area contributed by atoms with Gasteiger partial charge in [0, 0.05) is 6.07 Å². The number of thioether (sulfide) groups is 1. The zero-order chi connectivity index (χ0) is 17.7. The summed E-state index contributed by atoms with van der Waals surface area (Å²) in [7, 11) is 0. The number of carbonyl (C=O) groups is 1. The van der Waals surface area contributed by atoms with Crippen LogP contribution in [-0.4, -0.2) is 33.8 Å². The van der Waals surface area contributed by atoms with Gasteiger partial charge < -0.3 is 15.0 Å². The normalized spacial score (nSPS) is 13.5. The van der Waals surface area contributed by atoms with Gasteiger partial charge in [0.05, 0.1) is 29.5 Å². The maximum absolute atomic E-state index is 12.1. The molecule has 0 aliphatic carbocycles. The number of aromatic amines is 1. The Morgan fingerprint density at radius 3 is 2.92 bits per heavy atom. The van der Waals surface area contributed by atoms with Crippen LogP contribution in [0.25, 0.3) is 11.0 Å². The topological polar surface area (TPSA) is 90.8 Å². The lowest BCUT2D eigenvalue weighted by Gasteiger charge is -2.27. The Morgan fingerprint density at radius 2 is 2.29 bits per heavy atom. The van der Waals surface area contributed by atoms with Gasteiger partial charge in [0.25, 0.3) is 0 Å². The summed E-state index contributed by atoms with van der Waals surface area (Å²) in [6, 6.07) is 7.81. The van der Waals surface area contributed by atoms with Crippen molar-refractivity contribution in [2.45, 2.75) is 38.4 Å². The van der Waals surface area contributed by atoms with E-state index >= 15 is 0 Å². The molecule has 0 saturated carbocycles. The molecule has 7 heteroatoms. The number of amides is 1. The standard InChI is InChI=1S/C17H22N4O2S/c1-5-23-12-6-7-13-14(8-12)20-16(19-13)24-9-15(22)21-17(4,10-18)11(2)3/h6-8,11H,5,9H2,1-4H3,(H,19,20)(H,21,22). The van der Waals surface area contributed by atoms with E-state index in [0.717, 1.165) is 16.8 Å². The molecule has 1 heterocycles. The summed E-state index contributed by atoms with van der Waals surface area (Å²) < 4.78 is 5.46. The minimum Gasteiger partial charge on any atom is -0.494 e. The van der Waals surface area contributed by atoms with Gasteiger partial charge in [0.2, 0.25) is 5.91 Å². The molecule has 24 heavy (non-hydrogen) atoms. The Morgan fingerprint density at radius 1 is 1.54 bits per heavy atom. The quantitative estimate of drug-likeness (QED) is 0.752. The van der Waals surface area contributed by atoms with Crippen LogP contribution >= 0.6 is 11.8 Å². The molecule has 0 fully saturated rings. The molecule has 2 N–H and O–H groups in total.